The topological polar surface area (TPSA) is 89.3 Å². The van der Waals surface area contributed by atoms with Crippen molar-refractivity contribution in [1.82, 2.24) is 0 Å². The number of unbranched alkanes of at least 4 members (excludes halogenated alkanes) is 1. The molecule has 0 saturated heterocycles. The molecule has 2 heterocycles. The van der Waals surface area contributed by atoms with Gasteiger partial charge in [-0.3, -0.25) is 0 Å². The van der Waals surface area contributed by atoms with Crippen molar-refractivity contribution >= 4 is 45.3 Å². The molecule has 0 unspecified atom stereocenters. The molecule has 8 rings (SSSR count). The molecule has 0 spiro atoms. The van der Waals surface area contributed by atoms with Gasteiger partial charge in [-0.25, -0.2) is 9.98 Å². The van der Waals surface area contributed by atoms with Crippen molar-refractivity contribution in [2.45, 2.75) is 26.7 Å². The van der Waals surface area contributed by atoms with Crippen molar-refractivity contribution in [2.75, 3.05) is 27.1 Å². The van der Waals surface area contributed by atoms with Crippen molar-refractivity contribution < 1.29 is 33.2 Å². The van der Waals surface area contributed by atoms with E-state index in [4.69, 9.17) is 66.3 Å². The van der Waals surface area contributed by atoms with E-state index in [0.29, 0.717) is 69.8 Å². The summed E-state index contributed by atoms with van der Waals surface area (Å²) in [7, 11) is 1.62. The number of nitrogens with zero attached hydrogens (tertiary/aromatic N) is 2. The summed E-state index contributed by atoms with van der Waals surface area (Å²) in [5.41, 5.74) is 3.39. The number of aryl methyl sites for hydroxylation is 2. The highest BCUT2D eigenvalue weighted by molar-refractivity contribution is 6.35. The van der Waals surface area contributed by atoms with Gasteiger partial charge >= 0.3 is 0 Å². The van der Waals surface area contributed by atoms with E-state index in [-0.39, 0.29) is 28.3 Å². The molecule has 6 aromatic rings. The SMILES string of the molecule is COc1ccc2ccc3c(c2c1)Oc1c(Cl)c2c(c(Cl)c1=N3)Oc1cc(OCOc3ccc(C)cc3)c(OCCCCOc3ccc(C)cc3)cc1N=2. The molecule has 0 radical (unpaired) electrons. The Balaban J connectivity index is 1.08. The standard InChI is InChI=1S/C42H34Cl2N2O7/c1-24-6-12-27(13-7-24)48-18-4-5-19-49-34-21-32-33(22-35(34)51-23-50-28-14-8-25(2)9-15-28)52-41-36(43)39-42(37(44)38(41)46-32)53-40-30-20-29(47-3)16-10-26(30)11-17-31(40)45-39/h6-17,20-22H,4-5,18-19,23H2,1-3H3. The van der Waals surface area contributed by atoms with Crippen molar-refractivity contribution in [1.29, 1.82) is 0 Å². The van der Waals surface area contributed by atoms with Gasteiger partial charge in [-0.2, -0.15) is 0 Å². The lowest BCUT2D eigenvalue weighted by Crippen LogP contribution is -2.22. The maximum Gasteiger partial charge on any atom is 0.231 e. The van der Waals surface area contributed by atoms with Gasteiger partial charge in [0.1, 0.15) is 49.4 Å². The third kappa shape index (κ3) is 7.10. The Hall–Kier alpha value is -5.64. The van der Waals surface area contributed by atoms with Crippen LogP contribution < -0.4 is 43.9 Å². The van der Waals surface area contributed by atoms with E-state index < -0.39 is 0 Å². The smallest absolute Gasteiger partial charge is 0.231 e. The molecular formula is C42H34Cl2N2O7. The Morgan fingerprint density at radius 1 is 0.566 bits per heavy atom. The first-order chi connectivity index (χ1) is 25.8. The average Bonchev–Trinajstić information content (AvgIpc) is 3.18. The summed E-state index contributed by atoms with van der Waals surface area (Å²) in [6.45, 7) is 4.98. The molecule has 0 aromatic heterocycles. The minimum Gasteiger partial charge on any atom is -0.497 e. The number of benzene rings is 6. The molecule has 0 N–H and O–H groups in total. The van der Waals surface area contributed by atoms with Crippen molar-refractivity contribution in [3.05, 3.63) is 123 Å². The Morgan fingerprint density at radius 2 is 1.15 bits per heavy atom. The summed E-state index contributed by atoms with van der Waals surface area (Å²) in [5.74, 6) is 4.56. The molecule has 0 saturated carbocycles. The number of ether oxygens (including phenoxy) is 7. The molecule has 0 fully saturated rings. The highest BCUT2D eigenvalue weighted by atomic mass is 35.5. The summed E-state index contributed by atoms with van der Waals surface area (Å²) in [6.07, 6.45) is 1.54. The highest BCUT2D eigenvalue weighted by Crippen LogP contribution is 2.47. The van der Waals surface area contributed by atoms with Gasteiger partial charge in [0, 0.05) is 17.5 Å². The first-order valence-electron chi connectivity index (χ1n) is 17.1. The van der Waals surface area contributed by atoms with E-state index in [2.05, 4.69) is 0 Å². The van der Waals surface area contributed by atoms with Crippen molar-refractivity contribution in [2.24, 2.45) is 9.98 Å². The molecule has 0 aliphatic carbocycles. The van der Waals surface area contributed by atoms with Crippen LogP contribution in [0.3, 0.4) is 0 Å². The lowest BCUT2D eigenvalue weighted by Gasteiger charge is -2.22. The van der Waals surface area contributed by atoms with Crippen LogP contribution >= 0.6 is 23.2 Å². The first kappa shape index (κ1) is 34.4. The van der Waals surface area contributed by atoms with E-state index >= 15 is 0 Å². The van der Waals surface area contributed by atoms with Gasteiger partial charge in [0.25, 0.3) is 0 Å². The van der Waals surface area contributed by atoms with Gasteiger partial charge < -0.3 is 33.2 Å². The zero-order chi connectivity index (χ0) is 36.5. The fourth-order valence-electron chi connectivity index (χ4n) is 5.97. The van der Waals surface area contributed by atoms with Crippen LogP contribution in [-0.4, -0.2) is 27.1 Å². The monoisotopic (exact) mass is 748 g/mol. The minimum atomic E-state index is -0.0629. The van der Waals surface area contributed by atoms with Crippen LogP contribution in [0, 0.1) is 13.8 Å². The second-order valence-corrected chi connectivity index (χ2v) is 13.4. The molecule has 0 bridgehead atoms. The van der Waals surface area contributed by atoms with Gasteiger partial charge in [0.15, 0.2) is 34.5 Å². The lowest BCUT2D eigenvalue weighted by atomic mass is 10.1. The van der Waals surface area contributed by atoms with Crippen LogP contribution in [0.5, 0.6) is 51.7 Å². The molecule has 0 atom stereocenters. The predicted octanol–water partition coefficient (Wildman–Crippen LogP) is 10.5. The molecule has 53 heavy (non-hydrogen) atoms. The number of methoxy groups -OCH3 is 1. The minimum absolute atomic E-state index is 0.0629. The number of hydrogen-bond donors (Lipinski definition) is 0. The summed E-state index contributed by atoms with van der Waals surface area (Å²) < 4.78 is 42.4. The third-order valence-electron chi connectivity index (χ3n) is 8.86. The maximum absolute atomic E-state index is 7.02. The highest BCUT2D eigenvalue weighted by Gasteiger charge is 2.29. The number of hydrogen-bond acceptors (Lipinski definition) is 9. The van der Waals surface area contributed by atoms with Gasteiger partial charge in [-0.05, 0) is 74.5 Å². The second-order valence-electron chi connectivity index (χ2n) is 12.6. The summed E-state index contributed by atoms with van der Waals surface area (Å²) in [5, 5.41) is 2.86. The van der Waals surface area contributed by atoms with E-state index in [9.17, 15) is 0 Å². The number of rotatable bonds is 12. The van der Waals surface area contributed by atoms with Crippen LogP contribution in [0.4, 0.5) is 11.4 Å². The molecule has 0 amide bonds. The Kier molecular flexibility index (Phi) is 9.60. The van der Waals surface area contributed by atoms with E-state index in [0.717, 1.165) is 34.9 Å². The number of halogens is 2. The van der Waals surface area contributed by atoms with Gasteiger partial charge in [-0.15, -0.1) is 0 Å². The largest absolute Gasteiger partial charge is 0.497 e. The maximum atomic E-state index is 7.02. The first-order valence-corrected chi connectivity index (χ1v) is 17.9. The van der Waals surface area contributed by atoms with Crippen molar-refractivity contribution in [3.63, 3.8) is 0 Å². The molecule has 2 aliphatic rings. The average molecular weight is 750 g/mol. The Labute approximate surface area is 315 Å². The molecule has 2 aliphatic heterocycles. The Morgan fingerprint density at radius 3 is 1.85 bits per heavy atom. The van der Waals surface area contributed by atoms with Crippen molar-refractivity contribution in [3.8, 4) is 51.7 Å². The van der Waals surface area contributed by atoms with Crippen LogP contribution in [0.1, 0.15) is 24.0 Å². The quantitative estimate of drug-likeness (QED) is 0.0907. The van der Waals surface area contributed by atoms with E-state index in [1.165, 1.54) is 5.56 Å². The predicted molar refractivity (Wildman–Crippen MR) is 204 cm³/mol. The summed E-state index contributed by atoms with van der Waals surface area (Å²) in [4.78, 5) is 9.74. The fraction of sp³-hybridized carbons (Fsp3) is 0.190. The number of fused-ring (bicyclic) bond motifs is 6. The Bertz CT molecular complexity index is 2470. The van der Waals surface area contributed by atoms with E-state index in [1.807, 2.05) is 92.7 Å². The zero-order valence-electron chi connectivity index (χ0n) is 29.2. The second kappa shape index (κ2) is 14.8. The van der Waals surface area contributed by atoms with Crippen LogP contribution in [-0.2, 0) is 0 Å². The van der Waals surface area contributed by atoms with Gasteiger partial charge in [0.2, 0.25) is 6.79 Å². The van der Waals surface area contributed by atoms with Gasteiger partial charge in [0.05, 0.1) is 20.3 Å². The summed E-state index contributed by atoms with van der Waals surface area (Å²) in [6, 6.07) is 28.8. The van der Waals surface area contributed by atoms with Crippen LogP contribution in [0.25, 0.3) is 10.8 Å². The molecule has 268 valence electrons. The van der Waals surface area contributed by atoms with Gasteiger partial charge in [-0.1, -0.05) is 70.7 Å². The molecule has 9 nitrogen and oxygen atoms in total. The zero-order valence-corrected chi connectivity index (χ0v) is 30.7. The summed E-state index contributed by atoms with van der Waals surface area (Å²) >= 11 is 14.0. The van der Waals surface area contributed by atoms with E-state index in [1.54, 1.807) is 19.2 Å². The molecular weight excluding hydrogens is 715 g/mol. The normalized spacial score (nSPS) is 12.1. The van der Waals surface area contributed by atoms with Crippen LogP contribution in [0.15, 0.2) is 101 Å². The van der Waals surface area contributed by atoms with Crippen LogP contribution in [0.2, 0.25) is 10.0 Å². The molecule has 11 heteroatoms. The lowest BCUT2D eigenvalue weighted by molar-refractivity contribution is 0.114. The fourth-order valence-corrected chi connectivity index (χ4v) is 6.49. The molecule has 6 aromatic carbocycles. The third-order valence-corrected chi connectivity index (χ3v) is 9.56.